The van der Waals surface area contributed by atoms with E-state index < -0.39 is 0 Å². The molecule has 0 radical (unpaired) electrons. The minimum absolute atomic E-state index is 0.0274. The van der Waals surface area contributed by atoms with Crippen LogP contribution in [0.1, 0.15) is 39.5 Å². The molecule has 2 rings (SSSR count). The largest absolute Gasteiger partial charge is 0.383 e. The van der Waals surface area contributed by atoms with Crippen LogP contribution in [-0.2, 0) is 9.53 Å². The van der Waals surface area contributed by atoms with Crippen LogP contribution in [0.3, 0.4) is 0 Å². The van der Waals surface area contributed by atoms with Gasteiger partial charge in [-0.25, -0.2) is 4.79 Å². The van der Waals surface area contributed by atoms with Crippen LogP contribution in [0, 0.1) is 5.92 Å². The second-order valence-electron chi connectivity index (χ2n) is 6.43. The van der Waals surface area contributed by atoms with E-state index in [9.17, 15) is 9.59 Å². The third-order valence-electron chi connectivity index (χ3n) is 4.81. The van der Waals surface area contributed by atoms with E-state index in [0.29, 0.717) is 19.7 Å². The fourth-order valence-corrected chi connectivity index (χ4v) is 3.45. The Balaban J connectivity index is 1.90. The SMILES string of the molecule is CCCCC(C)C(=O)N1CC[C@@H]2[C@H](C1)NC(=O)N2CCOC. The number of hydrogen-bond donors (Lipinski definition) is 1. The van der Waals surface area contributed by atoms with Gasteiger partial charge in [-0.15, -0.1) is 0 Å². The predicted molar refractivity (Wildman–Crippen MR) is 84.6 cm³/mol. The molecule has 126 valence electrons. The molecule has 0 aromatic carbocycles. The quantitative estimate of drug-likeness (QED) is 0.774. The van der Waals surface area contributed by atoms with Gasteiger partial charge in [0.2, 0.25) is 5.91 Å². The number of methoxy groups -OCH3 is 1. The second kappa shape index (κ2) is 7.81. The number of rotatable bonds is 7. The highest BCUT2D eigenvalue weighted by Crippen LogP contribution is 2.24. The number of hydrogen-bond acceptors (Lipinski definition) is 3. The highest BCUT2D eigenvalue weighted by atomic mass is 16.5. The van der Waals surface area contributed by atoms with Crippen LogP contribution in [0.4, 0.5) is 4.79 Å². The smallest absolute Gasteiger partial charge is 0.318 e. The average molecular weight is 311 g/mol. The number of likely N-dealkylation sites (tertiary alicyclic amines) is 1. The minimum atomic E-state index is -0.0274. The number of carbonyl (C=O) groups is 2. The molecule has 2 aliphatic heterocycles. The fourth-order valence-electron chi connectivity index (χ4n) is 3.45. The second-order valence-corrected chi connectivity index (χ2v) is 6.43. The average Bonchev–Trinajstić information content (AvgIpc) is 2.84. The molecule has 3 atom stereocenters. The van der Waals surface area contributed by atoms with Crippen molar-refractivity contribution >= 4 is 11.9 Å². The van der Waals surface area contributed by atoms with Crippen molar-refractivity contribution in [1.82, 2.24) is 15.1 Å². The van der Waals surface area contributed by atoms with Gasteiger partial charge in [0.25, 0.3) is 0 Å². The van der Waals surface area contributed by atoms with Crippen LogP contribution in [0.5, 0.6) is 0 Å². The summed E-state index contributed by atoms with van der Waals surface area (Å²) in [5, 5.41) is 3.02. The van der Waals surface area contributed by atoms with E-state index >= 15 is 0 Å². The molecule has 0 saturated carbocycles. The third kappa shape index (κ3) is 3.72. The Morgan fingerprint density at radius 3 is 2.95 bits per heavy atom. The molecule has 2 fully saturated rings. The summed E-state index contributed by atoms with van der Waals surface area (Å²) in [6, 6.07) is 0.221. The van der Waals surface area contributed by atoms with E-state index in [1.54, 1.807) is 7.11 Å². The van der Waals surface area contributed by atoms with Gasteiger partial charge in [0.1, 0.15) is 0 Å². The lowest BCUT2D eigenvalue weighted by atomic mass is 9.96. The van der Waals surface area contributed by atoms with E-state index in [2.05, 4.69) is 12.2 Å². The van der Waals surface area contributed by atoms with Gasteiger partial charge in [-0.1, -0.05) is 26.7 Å². The fraction of sp³-hybridized carbons (Fsp3) is 0.875. The van der Waals surface area contributed by atoms with Crippen molar-refractivity contribution in [3.8, 4) is 0 Å². The highest BCUT2D eigenvalue weighted by Gasteiger charge is 2.43. The first-order valence-corrected chi connectivity index (χ1v) is 8.43. The first kappa shape index (κ1) is 17.1. The molecule has 3 amide bonds. The Kier molecular flexibility index (Phi) is 6.06. The maximum Gasteiger partial charge on any atom is 0.318 e. The molecule has 2 saturated heterocycles. The summed E-state index contributed by atoms with van der Waals surface area (Å²) in [6.07, 6.45) is 4.01. The van der Waals surface area contributed by atoms with Gasteiger partial charge in [-0.2, -0.15) is 0 Å². The summed E-state index contributed by atoms with van der Waals surface area (Å²) in [6.45, 7) is 6.70. The highest BCUT2D eigenvalue weighted by molar-refractivity contribution is 5.80. The van der Waals surface area contributed by atoms with Crippen molar-refractivity contribution in [2.24, 2.45) is 5.92 Å². The van der Waals surface area contributed by atoms with E-state index in [1.807, 2.05) is 16.7 Å². The van der Waals surface area contributed by atoms with Gasteiger partial charge in [0.05, 0.1) is 18.7 Å². The first-order valence-electron chi connectivity index (χ1n) is 8.43. The Morgan fingerprint density at radius 1 is 1.50 bits per heavy atom. The number of nitrogens with one attached hydrogen (secondary N) is 1. The number of nitrogens with zero attached hydrogens (tertiary/aromatic N) is 2. The van der Waals surface area contributed by atoms with E-state index in [4.69, 9.17) is 4.74 Å². The summed E-state index contributed by atoms with van der Waals surface area (Å²) >= 11 is 0. The molecule has 0 aromatic rings. The van der Waals surface area contributed by atoms with Crippen molar-refractivity contribution in [1.29, 1.82) is 0 Å². The van der Waals surface area contributed by atoms with E-state index in [1.165, 1.54) is 0 Å². The Bertz CT molecular complexity index is 402. The molecule has 6 heteroatoms. The predicted octanol–water partition coefficient (Wildman–Crippen LogP) is 1.45. The maximum absolute atomic E-state index is 12.5. The number of carbonyl (C=O) groups excluding carboxylic acids is 2. The van der Waals surface area contributed by atoms with Crippen LogP contribution in [-0.4, -0.2) is 67.2 Å². The van der Waals surface area contributed by atoms with Crippen LogP contribution < -0.4 is 5.32 Å². The summed E-state index contributed by atoms with van der Waals surface area (Å²) in [4.78, 5) is 28.4. The number of piperidine rings is 1. The Labute approximate surface area is 133 Å². The lowest BCUT2D eigenvalue weighted by Gasteiger charge is -2.37. The zero-order chi connectivity index (χ0) is 16.1. The molecule has 2 heterocycles. The Hall–Kier alpha value is -1.30. The van der Waals surface area contributed by atoms with Crippen molar-refractivity contribution in [2.75, 3.05) is 33.4 Å². The molecule has 2 aliphatic rings. The van der Waals surface area contributed by atoms with E-state index in [0.717, 1.165) is 32.2 Å². The maximum atomic E-state index is 12.5. The monoisotopic (exact) mass is 311 g/mol. The van der Waals surface area contributed by atoms with Crippen molar-refractivity contribution < 1.29 is 14.3 Å². The molecule has 0 spiro atoms. The molecular weight excluding hydrogens is 282 g/mol. The molecule has 1 N–H and O–H groups in total. The molecular formula is C16H29N3O3. The number of fused-ring (bicyclic) bond motifs is 1. The number of urea groups is 1. The number of unbranched alkanes of at least 4 members (excludes halogenated alkanes) is 1. The van der Waals surface area contributed by atoms with Crippen molar-refractivity contribution in [3.05, 3.63) is 0 Å². The van der Waals surface area contributed by atoms with Gasteiger partial charge in [-0.05, 0) is 12.8 Å². The summed E-state index contributed by atoms with van der Waals surface area (Å²) in [5.74, 6) is 0.315. The zero-order valence-corrected chi connectivity index (χ0v) is 14.0. The standard InChI is InChI=1S/C16H29N3O3/c1-4-5-6-12(2)15(20)18-8-7-14-13(11-18)17-16(21)19(14)9-10-22-3/h12-14H,4-11H2,1-3H3,(H,17,21)/t12?,13-,14+/m0/s1. The lowest BCUT2D eigenvalue weighted by molar-refractivity contribution is -0.136. The number of ether oxygens (including phenoxy) is 1. The van der Waals surface area contributed by atoms with Crippen molar-refractivity contribution in [3.63, 3.8) is 0 Å². The van der Waals surface area contributed by atoms with Crippen LogP contribution in [0.15, 0.2) is 0 Å². The summed E-state index contributed by atoms with van der Waals surface area (Å²) in [5.41, 5.74) is 0. The summed E-state index contributed by atoms with van der Waals surface area (Å²) < 4.78 is 5.07. The molecule has 0 bridgehead atoms. The van der Waals surface area contributed by atoms with Gasteiger partial charge in [-0.3, -0.25) is 4.79 Å². The zero-order valence-electron chi connectivity index (χ0n) is 14.0. The molecule has 1 unspecified atom stereocenters. The minimum Gasteiger partial charge on any atom is -0.383 e. The van der Waals surface area contributed by atoms with Crippen molar-refractivity contribution in [2.45, 2.75) is 51.6 Å². The summed E-state index contributed by atoms with van der Waals surface area (Å²) in [7, 11) is 1.64. The van der Waals surface area contributed by atoms with Gasteiger partial charge < -0.3 is 19.9 Å². The van der Waals surface area contributed by atoms with Crippen LogP contribution in [0.25, 0.3) is 0 Å². The Morgan fingerprint density at radius 2 is 2.27 bits per heavy atom. The topological polar surface area (TPSA) is 61.9 Å². The van der Waals surface area contributed by atoms with E-state index in [-0.39, 0.29) is 29.9 Å². The van der Waals surface area contributed by atoms with Gasteiger partial charge >= 0.3 is 6.03 Å². The number of amides is 3. The molecule has 0 aromatic heterocycles. The molecule has 22 heavy (non-hydrogen) atoms. The normalized spacial score (nSPS) is 25.9. The lowest BCUT2D eigenvalue weighted by Crippen LogP contribution is -2.54. The van der Waals surface area contributed by atoms with Crippen LogP contribution >= 0.6 is 0 Å². The third-order valence-corrected chi connectivity index (χ3v) is 4.81. The van der Waals surface area contributed by atoms with Gasteiger partial charge in [0.15, 0.2) is 0 Å². The van der Waals surface area contributed by atoms with Crippen LogP contribution in [0.2, 0.25) is 0 Å². The molecule has 6 nitrogen and oxygen atoms in total. The van der Waals surface area contributed by atoms with Gasteiger partial charge in [0, 0.05) is 32.7 Å². The first-order chi connectivity index (χ1) is 10.6. The molecule has 0 aliphatic carbocycles.